The standard InChI is InChI=1S/C11H13Cl2NO2/c1-14(6-5-12)11(15)8-16-10-4-2-3-9(13)7-10/h2-4,7H,5-6,8H2,1H3. The van der Waals surface area contributed by atoms with E-state index >= 15 is 0 Å². The van der Waals surface area contributed by atoms with E-state index < -0.39 is 0 Å². The Morgan fingerprint density at radius 1 is 1.50 bits per heavy atom. The molecular formula is C11H13Cl2NO2. The van der Waals surface area contributed by atoms with Gasteiger partial charge in [-0.05, 0) is 18.2 Å². The first-order valence-corrected chi connectivity index (χ1v) is 5.73. The fourth-order valence-electron chi connectivity index (χ4n) is 1.06. The summed E-state index contributed by atoms with van der Waals surface area (Å²) in [6.45, 7) is 0.507. The van der Waals surface area contributed by atoms with Gasteiger partial charge in [-0.3, -0.25) is 4.79 Å². The number of nitrogens with zero attached hydrogens (tertiary/aromatic N) is 1. The second-order valence-electron chi connectivity index (χ2n) is 3.25. The van der Waals surface area contributed by atoms with Crippen molar-refractivity contribution in [2.45, 2.75) is 0 Å². The minimum atomic E-state index is -0.111. The number of hydrogen-bond donors (Lipinski definition) is 0. The van der Waals surface area contributed by atoms with Crippen molar-refractivity contribution in [2.75, 3.05) is 26.1 Å². The number of carbonyl (C=O) groups excluding carboxylic acids is 1. The number of carbonyl (C=O) groups is 1. The maximum Gasteiger partial charge on any atom is 0.260 e. The second-order valence-corrected chi connectivity index (χ2v) is 4.06. The van der Waals surface area contributed by atoms with Gasteiger partial charge >= 0.3 is 0 Å². The molecule has 0 radical (unpaired) electrons. The molecule has 88 valence electrons. The van der Waals surface area contributed by atoms with Crippen molar-refractivity contribution in [1.29, 1.82) is 0 Å². The van der Waals surface area contributed by atoms with Crippen molar-refractivity contribution in [2.24, 2.45) is 0 Å². The van der Waals surface area contributed by atoms with Gasteiger partial charge in [-0.2, -0.15) is 0 Å². The normalized spacial score (nSPS) is 9.94. The summed E-state index contributed by atoms with van der Waals surface area (Å²) in [4.78, 5) is 13.0. The van der Waals surface area contributed by atoms with E-state index in [-0.39, 0.29) is 12.5 Å². The van der Waals surface area contributed by atoms with E-state index in [0.29, 0.717) is 23.2 Å². The predicted octanol–water partition coefficient (Wildman–Crippen LogP) is 2.42. The number of alkyl halides is 1. The first-order chi connectivity index (χ1) is 7.63. The van der Waals surface area contributed by atoms with Gasteiger partial charge < -0.3 is 9.64 Å². The third-order valence-corrected chi connectivity index (χ3v) is 2.41. The molecule has 0 bridgehead atoms. The third-order valence-electron chi connectivity index (χ3n) is 2.00. The number of ether oxygens (including phenoxy) is 1. The summed E-state index contributed by atoms with van der Waals surface area (Å²) in [5.74, 6) is 0.889. The molecule has 5 heteroatoms. The van der Waals surface area contributed by atoms with Crippen LogP contribution in [0.25, 0.3) is 0 Å². The second kappa shape index (κ2) is 6.61. The Morgan fingerprint density at radius 3 is 2.88 bits per heavy atom. The van der Waals surface area contributed by atoms with Crippen LogP contribution < -0.4 is 4.74 Å². The SMILES string of the molecule is CN(CCCl)C(=O)COc1cccc(Cl)c1. The van der Waals surface area contributed by atoms with Gasteiger partial charge in [0.1, 0.15) is 5.75 Å². The van der Waals surface area contributed by atoms with Crippen LogP contribution in [0.5, 0.6) is 5.75 Å². The van der Waals surface area contributed by atoms with Crippen molar-refractivity contribution in [3.05, 3.63) is 29.3 Å². The Labute approximate surface area is 105 Å². The number of rotatable bonds is 5. The van der Waals surface area contributed by atoms with Gasteiger partial charge in [-0.15, -0.1) is 11.6 Å². The average Bonchev–Trinajstić information content (AvgIpc) is 2.26. The van der Waals surface area contributed by atoms with E-state index in [2.05, 4.69) is 0 Å². The largest absolute Gasteiger partial charge is 0.484 e. The molecule has 0 saturated carbocycles. The summed E-state index contributed by atoms with van der Waals surface area (Å²) in [5, 5.41) is 0.582. The molecule has 0 unspecified atom stereocenters. The zero-order valence-corrected chi connectivity index (χ0v) is 10.5. The Balaban J connectivity index is 2.42. The van der Waals surface area contributed by atoms with E-state index in [9.17, 15) is 4.79 Å². The zero-order valence-electron chi connectivity index (χ0n) is 8.95. The zero-order chi connectivity index (χ0) is 12.0. The molecule has 1 rings (SSSR count). The van der Waals surface area contributed by atoms with Crippen LogP contribution >= 0.6 is 23.2 Å². The van der Waals surface area contributed by atoms with Gasteiger partial charge in [0.25, 0.3) is 5.91 Å². The molecule has 0 saturated heterocycles. The monoisotopic (exact) mass is 261 g/mol. The van der Waals surface area contributed by atoms with E-state index in [1.165, 1.54) is 4.90 Å². The topological polar surface area (TPSA) is 29.5 Å². The van der Waals surface area contributed by atoms with Crippen molar-refractivity contribution in [3.63, 3.8) is 0 Å². The van der Waals surface area contributed by atoms with Gasteiger partial charge in [0, 0.05) is 24.5 Å². The molecule has 16 heavy (non-hydrogen) atoms. The summed E-state index contributed by atoms with van der Waals surface area (Å²) in [7, 11) is 1.69. The third kappa shape index (κ3) is 4.29. The lowest BCUT2D eigenvalue weighted by Crippen LogP contribution is -2.32. The Bertz CT molecular complexity index is 358. The Kier molecular flexibility index (Phi) is 5.43. The minimum Gasteiger partial charge on any atom is -0.484 e. The molecule has 1 amide bonds. The summed E-state index contributed by atoms with van der Waals surface area (Å²) in [5.41, 5.74) is 0. The fourth-order valence-corrected chi connectivity index (χ4v) is 1.50. The van der Waals surface area contributed by atoms with E-state index in [1.54, 1.807) is 31.3 Å². The molecule has 3 nitrogen and oxygen atoms in total. The smallest absolute Gasteiger partial charge is 0.260 e. The first kappa shape index (κ1) is 13.1. The van der Waals surface area contributed by atoms with Gasteiger partial charge in [-0.1, -0.05) is 17.7 Å². The molecule has 0 spiro atoms. The van der Waals surface area contributed by atoms with Crippen LogP contribution in [0.4, 0.5) is 0 Å². The molecule has 0 aliphatic heterocycles. The Hall–Kier alpha value is -0.930. The maximum atomic E-state index is 11.5. The molecule has 0 heterocycles. The molecule has 1 aromatic carbocycles. The van der Waals surface area contributed by atoms with Crippen LogP contribution in [0.15, 0.2) is 24.3 Å². The predicted molar refractivity (Wildman–Crippen MR) is 65.3 cm³/mol. The lowest BCUT2D eigenvalue weighted by Gasteiger charge is -2.15. The molecule has 0 atom stereocenters. The number of benzene rings is 1. The number of hydrogen-bond acceptors (Lipinski definition) is 2. The van der Waals surface area contributed by atoms with Gasteiger partial charge in [0.05, 0.1) is 0 Å². The molecule has 0 aliphatic carbocycles. The van der Waals surface area contributed by atoms with Gasteiger partial charge in [0.2, 0.25) is 0 Å². The highest BCUT2D eigenvalue weighted by Crippen LogP contribution is 2.16. The highest BCUT2D eigenvalue weighted by atomic mass is 35.5. The van der Waals surface area contributed by atoms with Crippen molar-refractivity contribution < 1.29 is 9.53 Å². The summed E-state index contributed by atoms with van der Waals surface area (Å²) in [6, 6.07) is 6.93. The quantitative estimate of drug-likeness (QED) is 0.762. The van der Waals surface area contributed by atoms with E-state index in [0.717, 1.165) is 0 Å². The lowest BCUT2D eigenvalue weighted by atomic mass is 10.3. The molecule has 1 aromatic rings. The number of amides is 1. The fraction of sp³-hybridized carbons (Fsp3) is 0.364. The van der Waals surface area contributed by atoms with Crippen LogP contribution in [0.1, 0.15) is 0 Å². The van der Waals surface area contributed by atoms with Crippen molar-refractivity contribution in [1.82, 2.24) is 4.90 Å². The summed E-state index contributed by atoms with van der Waals surface area (Å²) >= 11 is 11.3. The van der Waals surface area contributed by atoms with Crippen LogP contribution in [0.3, 0.4) is 0 Å². The Morgan fingerprint density at radius 2 is 2.25 bits per heavy atom. The lowest BCUT2D eigenvalue weighted by molar-refractivity contribution is -0.131. The van der Waals surface area contributed by atoms with Crippen molar-refractivity contribution >= 4 is 29.1 Å². The molecule has 0 aromatic heterocycles. The first-order valence-electron chi connectivity index (χ1n) is 4.82. The summed E-state index contributed by atoms with van der Waals surface area (Å²) in [6.07, 6.45) is 0. The van der Waals surface area contributed by atoms with Crippen LogP contribution in [0.2, 0.25) is 5.02 Å². The van der Waals surface area contributed by atoms with Crippen molar-refractivity contribution in [3.8, 4) is 5.75 Å². The summed E-state index contributed by atoms with van der Waals surface area (Å²) < 4.78 is 5.30. The van der Waals surface area contributed by atoms with E-state index in [4.69, 9.17) is 27.9 Å². The van der Waals surface area contributed by atoms with Crippen LogP contribution in [0, 0.1) is 0 Å². The highest BCUT2D eigenvalue weighted by molar-refractivity contribution is 6.30. The van der Waals surface area contributed by atoms with Gasteiger partial charge in [0.15, 0.2) is 6.61 Å². The highest BCUT2D eigenvalue weighted by Gasteiger charge is 2.08. The molecule has 0 fully saturated rings. The maximum absolute atomic E-state index is 11.5. The van der Waals surface area contributed by atoms with Crippen LogP contribution in [-0.4, -0.2) is 36.9 Å². The van der Waals surface area contributed by atoms with Crippen LogP contribution in [-0.2, 0) is 4.79 Å². The average molecular weight is 262 g/mol. The molecular weight excluding hydrogens is 249 g/mol. The van der Waals surface area contributed by atoms with Gasteiger partial charge in [-0.25, -0.2) is 0 Å². The molecule has 0 aliphatic rings. The molecule has 0 N–H and O–H groups in total. The minimum absolute atomic E-state index is 0.00622. The number of likely N-dealkylation sites (N-methyl/N-ethyl adjacent to an activating group) is 1. The van der Waals surface area contributed by atoms with E-state index in [1.807, 2.05) is 0 Å². The number of halogens is 2.